The van der Waals surface area contributed by atoms with Crippen molar-refractivity contribution in [1.29, 1.82) is 0 Å². The molecule has 0 aliphatic carbocycles. The van der Waals surface area contributed by atoms with E-state index in [1.54, 1.807) is 25.4 Å². The first-order chi connectivity index (χ1) is 15.1. The van der Waals surface area contributed by atoms with Crippen LogP contribution in [-0.2, 0) is 6.42 Å². The number of aryl methyl sites for hydroxylation is 1. The van der Waals surface area contributed by atoms with E-state index < -0.39 is 0 Å². The molecule has 4 aromatic rings. The van der Waals surface area contributed by atoms with Gasteiger partial charge in [0.2, 0.25) is 0 Å². The molecule has 2 aromatic heterocycles. The fourth-order valence-corrected chi connectivity index (χ4v) is 3.34. The predicted octanol–water partition coefficient (Wildman–Crippen LogP) is 5.48. The van der Waals surface area contributed by atoms with Crippen LogP contribution >= 0.6 is 0 Å². The second-order valence-corrected chi connectivity index (χ2v) is 7.18. The van der Waals surface area contributed by atoms with Gasteiger partial charge >= 0.3 is 0 Å². The normalized spacial score (nSPS) is 10.6. The molecule has 156 valence electrons. The Balaban J connectivity index is 1.52. The number of nitrogens with zero attached hydrogens (tertiary/aromatic N) is 2. The summed E-state index contributed by atoms with van der Waals surface area (Å²) in [5, 5.41) is 6.90. The highest BCUT2D eigenvalue weighted by Gasteiger charge is 2.08. The Morgan fingerprint density at radius 2 is 1.87 bits per heavy atom. The zero-order valence-electron chi connectivity index (χ0n) is 17.6. The van der Waals surface area contributed by atoms with Gasteiger partial charge in [-0.2, -0.15) is 0 Å². The highest BCUT2D eigenvalue weighted by atomic mass is 16.5. The SMILES string of the molecule is CCCc1cccc(Nc2ccc3cc(Oc4ccnc(C(=O)NC)c4)ccc3n2)c1. The molecule has 2 aromatic carbocycles. The molecule has 0 radical (unpaired) electrons. The fourth-order valence-electron chi connectivity index (χ4n) is 3.34. The molecule has 0 unspecified atom stereocenters. The summed E-state index contributed by atoms with van der Waals surface area (Å²) in [6.45, 7) is 2.18. The number of pyridine rings is 2. The van der Waals surface area contributed by atoms with Gasteiger partial charge in [-0.15, -0.1) is 0 Å². The maximum Gasteiger partial charge on any atom is 0.269 e. The number of fused-ring (bicyclic) bond motifs is 1. The number of hydrogen-bond acceptors (Lipinski definition) is 5. The summed E-state index contributed by atoms with van der Waals surface area (Å²) < 4.78 is 5.92. The summed E-state index contributed by atoms with van der Waals surface area (Å²) in [6, 6.07) is 21.4. The predicted molar refractivity (Wildman–Crippen MR) is 123 cm³/mol. The van der Waals surface area contributed by atoms with Crippen LogP contribution < -0.4 is 15.4 Å². The Morgan fingerprint density at radius 3 is 2.71 bits per heavy atom. The standard InChI is InChI=1S/C25H24N4O2/c1-3-5-17-6-4-7-19(14-17)28-24-11-8-18-15-20(9-10-22(18)29-24)31-21-12-13-27-23(16-21)25(30)26-2/h4,6-16H,3,5H2,1-2H3,(H,26,30)(H,28,29). The van der Waals surface area contributed by atoms with Crippen molar-refractivity contribution < 1.29 is 9.53 Å². The highest BCUT2D eigenvalue weighted by molar-refractivity contribution is 5.92. The summed E-state index contributed by atoms with van der Waals surface area (Å²) in [5.41, 5.74) is 3.51. The molecule has 0 spiro atoms. The Kier molecular flexibility index (Phi) is 6.08. The third-order valence-corrected chi connectivity index (χ3v) is 4.83. The maximum absolute atomic E-state index is 11.8. The number of amides is 1. The van der Waals surface area contributed by atoms with Gasteiger partial charge in [0.25, 0.3) is 5.91 Å². The molecule has 0 saturated carbocycles. The van der Waals surface area contributed by atoms with E-state index in [-0.39, 0.29) is 5.91 Å². The second-order valence-electron chi connectivity index (χ2n) is 7.18. The lowest BCUT2D eigenvalue weighted by Crippen LogP contribution is -2.18. The van der Waals surface area contributed by atoms with Gasteiger partial charge in [-0.1, -0.05) is 25.5 Å². The Hall–Kier alpha value is -3.93. The smallest absolute Gasteiger partial charge is 0.269 e. The van der Waals surface area contributed by atoms with Crippen molar-refractivity contribution >= 4 is 28.3 Å². The minimum Gasteiger partial charge on any atom is -0.457 e. The molecule has 0 fully saturated rings. The van der Waals surface area contributed by atoms with Gasteiger partial charge in [-0.05, 0) is 60.5 Å². The van der Waals surface area contributed by atoms with Crippen molar-refractivity contribution in [3.8, 4) is 11.5 Å². The van der Waals surface area contributed by atoms with E-state index in [2.05, 4.69) is 40.7 Å². The molecule has 0 atom stereocenters. The number of carbonyl (C=O) groups excluding carboxylic acids is 1. The van der Waals surface area contributed by atoms with E-state index in [1.165, 1.54) is 5.56 Å². The van der Waals surface area contributed by atoms with E-state index in [9.17, 15) is 4.79 Å². The third-order valence-electron chi connectivity index (χ3n) is 4.83. The van der Waals surface area contributed by atoms with Crippen LogP contribution in [-0.4, -0.2) is 22.9 Å². The Bertz CT molecular complexity index is 1220. The number of benzene rings is 2. The molecule has 1 amide bonds. The first-order valence-corrected chi connectivity index (χ1v) is 10.3. The fraction of sp³-hybridized carbons (Fsp3) is 0.160. The molecule has 31 heavy (non-hydrogen) atoms. The molecule has 6 heteroatoms. The van der Waals surface area contributed by atoms with Gasteiger partial charge in [0.05, 0.1) is 5.52 Å². The minimum atomic E-state index is -0.256. The van der Waals surface area contributed by atoms with E-state index in [4.69, 9.17) is 9.72 Å². The van der Waals surface area contributed by atoms with Crippen LogP contribution in [0.15, 0.2) is 72.9 Å². The van der Waals surface area contributed by atoms with Gasteiger partial charge < -0.3 is 15.4 Å². The molecule has 0 bridgehead atoms. The van der Waals surface area contributed by atoms with Gasteiger partial charge in [0.15, 0.2) is 0 Å². The van der Waals surface area contributed by atoms with Crippen LogP contribution in [0, 0.1) is 0 Å². The van der Waals surface area contributed by atoms with Crippen molar-refractivity contribution in [2.75, 3.05) is 12.4 Å². The first kappa shape index (κ1) is 20.3. The monoisotopic (exact) mass is 412 g/mol. The average Bonchev–Trinajstić information content (AvgIpc) is 2.79. The summed E-state index contributed by atoms with van der Waals surface area (Å²) in [4.78, 5) is 20.5. The van der Waals surface area contributed by atoms with E-state index in [0.717, 1.165) is 35.2 Å². The lowest BCUT2D eigenvalue weighted by atomic mass is 10.1. The summed E-state index contributed by atoms with van der Waals surface area (Å²) in [6.07, 6.45) is 3.73. The lowest BCUT2D eigenvalue weighted by Gasteiger charge is -2.10. The lowest BCUT2D eigenvalue weighted by molar-refractivity contribution is 0.0958. The molecule has 2 heterocycles. The first-order valence-electron chi connectivity index (χ1n) is 10.3. The number of hydrogen-bond donors (Lipinski definition) is 2. The minimum absolute atomic E-state index is 0.256. The van der Waals surface area contributed by atoms with E-state index >= 15 is 0 Å². The van der Waals surface area contributed by atoms with Gasteiger partial charge in [0, 0.05) is 30.4 Å². The number of carbonyl (C=O) groups is 1. The molecule has 0 aliphatic heterocycles. The molecular weight excluding hydrogens is 388 g/mol. The zero-order chi connectivity index (χ0) is 21.6. The second kappa shape index (κ2) is 9.26. The topological polar surface area (TPSA) is 76.1 Å². The van der Waals surface area contributed by atoms with Gasteiger partial charge in [0.1, 0.15) is 23.0 Å². The van der Waals surface area contributed by atoms with Gasteiger partial charge in [-0.3, -0.25) is 9.78 Å². The number of nitrogens with one attached hydrogen (secondary N) is 2. The van der Waals surface area contributed by atoms with Gasteiger partial charge in [-0.25, -0.2) is 4.98 Å². The van der Waals surface area contributed by atoms with Crippen LogP contribution in [0.25, 0.3) is 10.9 Å². The maximum atomic E-state index is 11.8. The van der Waals surface area contributed by atoms with E-state index in [0.29, 0.717) is 17.2 Å². The Morgan fingerprint density at radius 1 is 1.00 bits per heavy atom. The number of anilines is 2. The summed E-state index contributed by atoms with van der Waals surface area (Å²) >= 11 is 0. The molecule has 0 saturated heterocycles. The third kappa shape index (κ3) is 4.98. The zero-order valence-corrected chi connectivity index (χ0v) is 17.6. The van der Waals surface area contributed by atoms with Crippen molar-refractivity contribution in [2.24, 2.45) is 0 Å². The van der Waals surface area contributed by atoms with Crippen LogP contribution in [0.5, 0.6) is 11.5 Å². The summed E-state index contributed by atoms with van der Waals surface area (Å²) in [7, 11) is 1.57. The van der Waals surface area contributed by atoms with Crippen LogP contribution in [0.4, 0.5) is 11.5 Å². The van der Waals surface area contributed by atoms with Crippen LogP contribution in [0.1, 0.15) is 29.4 Å². The van der Waals surface area contributed by atoms with Crippen LogP contribution in [0.3, 0.4) is 0 Å². The van der Waals surface area contributed by atoms with Crippen molar-refractivity contribution in [1.82, 2.24) is 15.3 Å². The molecule has 2 N–H and O–H groups in total. The molecule has 0 aliphatic rings. The molecule has 4 rings (SSSR count). The van der Waals surface area contributed by atoms with Crippen molar-refractivity contribution in [2.45, 2.75) is 19.8 Å². The number of aromatic nitrogens is 2. The molecule has 6 nitrogen and oxygen atoms in total. The van der Waals surface area contributed by atoms with Crippen molar-refractivity contribution in [3.05, 3.63) is 84.2 Å². The number of rotatable bonds is 7. The molecular formula is C25H24N4O2. The quantitative estimate of drug-likeness (QED) is 0.420. The highest BCUT2D eigenvalue weighted by Crippen LogP contribution is 2.27. The number of ether oxygens (including phenoxy) is 1. The van der Waals surface area contributed by atoms with Crippen LogP contribution in [0.2, 0.25) is 0 Å². The Labute approximate surface area is 181 Å². The summed E-state index contributed by atoms with van der Waals surface area (Å²) in [5.74, 6) is 1.75. The van der Waals surface area contributed by atoms with Crippen molar-refractivity contribution in [3.63, 3.8) is 0 Å². The largest absolute Gasteiger partial charge is 0.457 e. The van der Waals surface area contributed by atoms with E-state index in [1.807, 2.05) is 36.4 Å². The average molecular weight is 412 g/mol.